The van der Waals surface area contributed by atoms with Crippen molar-refractivity contribution < 1.29 is 19.9 Å². The molecule has 0 aliphatic carbocycles. The first-order chi connectivity index (χ1) is 11.5. The van der Waals surface area contributed by atoms with E-state index < -0.39 is 5.97 Å². The molecule has 2 aromatic carbocycles. The molecule has 2 aromatic rings. The standard InChI is InChI=1S/C18H18N2O4/c1-12-6-8-13(9-7-12)18(23)19-15-5-3-2-4-14(15)16(20-24)10-11-17(21)22/h2-9,24H,10-11H2,1H3,(H,19,23)(H,21,22)/b20-16-. The molecule has 0 spiro atoms. The number of aliphatic carboxylic acids is 1. The van der Waals surface area contributed by atoms with Crippen LogP contribution in [0.2, 0.25) is 0 Å². The molecule has 0 atom stereocenters. The van der Waals surface area contributed by atoms with E-state index in [1.54, 1.807) is 36.4 Å². The summed E-state index contributed by atoms with van der Waals surface area (Å²) in [7, 11) is 0. The van der Waals surface area contributed by atoms with Crippen molar-refractivity contribution in [3.8, 4) is 0 Å². The molecule has 0 radical (unpaired) electrons. The molecule has 6 nitrogen and oxygen atoms in total. The fourth-order valence-corrected chi connectivity index (χ4v) is 2.21. The van der Waals surface area contributed by atoms with Crippen molar-refractivity contribution in [2.75, 3.05) is 5.32 Å². The second-order valence-electron chi connectivity index (χ2n) is 5.31. The normalized spacial score (nSPS) is 11.1. The third-order valence-electron chi connectivity index (χ3n) is 3.50. The maximum absolute atomic E-state index is 12.3. The number of carboxylic acid groups (broad SMARTS) is 1. The van der Waals surface area contributed by atoms with Crippen LogP contribution in [0.25, 0.3) is 0 Å². The minimum atomic E-state index is -0.989. The van der Waals surface area contributed by atoms with Gasteiger partial charge in [0, 0.05) is 17.5 Å². The number of carbonyl (C=O) groups is 2. The molecule has 0 fully saturated rings. The summed E-state index contributed by atoms with van der Waals surface area (Å²) < 4.78 is 0. The lowest BCUT2D eigenvalue weighted by molar-refractivity contribution is -0.136. The Hall–Kier alpha value is -3.15. The lowest BCUT2D eigenvalue weighted by Crippen LogP contribution is -2.15. The molecule has 2 rings (SSSR count). The van der Waals surface area contributed by atoms with Crippen molar-refractivity contribution in [2.45, 2.75) is 19.8 Å². The van der Waals surface area contributed by atoms with Crippen LogP contribution in [0.1, 0.15) is 34.3 Å². The number of hydrogen-bond acceptors (Lipinski definition) is 4. The summed E-state index contributed by atoms with van der Waals surface area (Å²) in [5, 5.41) is 23.9. The number of oxime groups is 1. The fraction of sp³-hybridized carbons (Fsp3) is 0.167. The number of nitrogens with zero attached hydrogens (tertiary/aromatic N) is 1. The Morgan fingerprint density at radius 2 is 1.71 bits per heavy atom. The highest BCUT2D eigenvalue weighted by Gasteiger charge is 2.14. The van der Waals surface area contributed by atoms with Gasteiger partial charge in [0.25, 0.3) is 5.91 Å². The van der Waals surface area contributed by atoms with E-state index in [0.717, 1.165) is 5.56 Å². The van der Waals surface area contributed by atoms with Crippen LogP contribution in [0.15, 0.2) is 53.7 Å². The average molecular weight is 326 g/mol. The van der Waals surface area contributed by atoms with Crippen molar-refractivity contribution in [3.05, 3.63) is 65.2 Å². The third-order valence-corrected chi connectivity index (χ3v) is 3.50. The van der Waals surface area contributed by atoms with Gasteiger partial charge in [-0.15, -0.1) is 0 Å². The van der Waals surface area contributed by atoms with E-state index in [1.807, 2.05) is 19.1 Å². The molecule has 124 valence electrons. The Morgan fingerprint density at radius 3 is 2.33 bits per heavy atom. The number of benzene rings is 2. The predicted molar refractivity (Wildman–Crippen MR) is 90.8 cm³/mol. The molecule has 0 saturated heterocycles. The van der Waals surface area contributed by atoms with Gasteiger partial charge in [0.15, 0.2) is 0 Å². The number of hydrogen-bond donors (Lipinski definition) is 3. The summed E-state index contributed by atoms with van der Waals surface area (Å²) in [6.45, 7) is 1.93. The second-order valence-corrected chi connectivity index (χ2v) is 5.31. The van der Waals surface area contributed by atoms with Gasteiger partial charge in [0.2, 0.25) is 0 Å². The minimum Gasteiger partial charge on any atom is -0.481 e. The van der Waals surface area contributed by atoms with Crippen molar-refractivity contribution >= 4 is 23.3 Å². The molecule has 0 aliphatic heterocycles. The highest BCUT2D eigenvalue weighted by Crippen LogP contribution is 2.19. The molecule has 0 aliphatic rings. The SMILES string of the molecule is Cc1ccc(C(=O)Nc2ccccc2/C(CCC(=O)O)=N\O)cc1. The topological polar surface area (TPSA) is 99.0 Å². The van der Waals surface area contributed by atoms with Gasteiger partial charge in [-0.1, -0.05) is 41.1 Å². The van der Waals surface area contributed by atoms with Crippen molar-refractivity contribution in [2.24, 2.45) is 5.16 Å². The number of carboxylic acids is 1. The average Bonchev–Trinajstić information content (AvgIpc) is 2.57. The molecule has 0 bridgehead atoms. The quantitative estimate of drug-likeness (QED) is 0.431. The van der Waals surface area contributed by atoms with Crippen LogP contribution in [-0.4, -0.2) is 27.9 Å². The first-order valence-corrected chi connectivity index (χ1v) is 7.41. The molecular weight excluding hydrogens is 308 g/mol. The Kier molecular flexibility index (Phi) is 5.68. The number of anilines is 1. The van der Waals surface area contributed by atoms with E-state index in [4.69, 9.17) is 5.11 Å². The van der Waals surface area contributed by atoms with E-state index in [1.165, 1.54) is 0 Å². The first-order valence-electron chi connectivity index (χ1n) is 7.41. The highest BCUT2D eigenvalue weighted by atomic mass is 16.4. The largest absolute Gasteiger partial charge is 0.481 e. The van der Waals surface area contributed by atoms with Crippen molar-refractivity contribution in [1.29, 1.82) is 0 Å². The lowest BCUT2D eigenvalue weighted by Gasteiger charge is -2.12. The van der Waals surface area contributed by atoms with Gasteiger partial charge in [0.05, 0.1) is 17.8 Å². The van der Waals surface area contributed by atoms with Gasteiger partial charge in [0.1, 0.15) is 0 Å². The molecular formula is C18H18N2O4. The molecule has 0 saturated carbocycles. The Bertz CT molecular complexity index is 767. The van der Waals surface area contributed by atoms with Crippen LogP contribution in [0.5, 0.6) is 0 Å². The number of para-hydroxylation sites is 1. The maximum Gasteiger partial charge on any atom is 0.303 e. The van der Waals surface area contributed by atoms with Gasteiger partial charge < -0.3 is 15.6 Å². The Labute approximate surface area is 139 Å². The first kappa shape index (κ1) is 17.2. The zero-order valence-electron chi connectivity index (χ0n) is 13.2. The van der Waals surface area contributed by atoms with E-state index in [-0.39, 0.29) is 24.5 Å². The highest BCUT2D eigenvalue weighted by molar-refractivity contribution is 6.11. The molecule has 0 aromatic heterocycles. The zero-order valence-corrected chi connectivity index (χ0v) is 13.2. The van der Waals surface area contributed by atoms with Gasteiger partial charge >= 0.3 is 5.97 Å². The zero-order chi connectivity index (χ0) is 17.5. The van der Waals surface area contributed by atoms with Crippen molar-refractivity contribution in [1.82, 2.24) is 0 Å². The number of nitrogens with one attached hydrogen (secondary N) is 1. The van der Waals surface area contributed by atoms with Gasteiger partial charge in [-0.3, -0.25) is 9.59 Å². The monoisotopic (exact) mass is 326 g/mol. The number of carbonyl (C=O) groups excluding carboxylic acids is 1. The Morgan fingerprint density at radius 1 is 1.04 bits per heavy atom. The summed E-state index contributed by atoms with van der Waals surface area (Å²) >= 11 is 0. The molecule has 6 heteroatoms. The minimum absolute atomic E-state index is 0.0588. The molecule has 24 heavy (non-hydrogen) atoms. The third kappa shape index (κ3) is 4.42. The van der Waals surface area contributed by atoms with Crippen LogP contribution in [0.3, 0.4) is 0 Å². The summed E-state index contributed by atoms with van der Waals surface area (Å²) in [6, 6.07) is 13.9. The van der Waals surface area contributed by atoms with Crippen LogP contribution in [0, 0.1) is 6.92 Å². The molecule has 1 amide bonds. The van der Waals surface area contributed by atoms with Crippen molar-refractivity contribution in [3.63, 3.8) is 0 Å². The van der Waals surface area contributed by atoms with Gasteiger partial charge in [-0.05, 0) is 25.1 Å². The van der Waals surface area contributed by atoms with E-state index in [0.29, 0.717) is 16.8 Å². The fourth-order valence-electron chi connectivity index (χ4n) is 2.21. The van der Waals surface area contributed by atoms with Crippen LogP contribution >= 0.6 is 0 Å². The van der Waals surface area contributed by atoms with Gasteiger partial charge in [-0.25, -0.2) is 0 Å². The maximum atomic E-state index is 12.3. The van der Waals surface area contributed by atoms with Crippen LogP contribution in [-0.2, 0) is 4.79 Å². The predicted octanol–water partition coefficient (Wildman–Crippen LogP) is 3.29. The number of amides is 1. The van der Waals surface area contributed by atoms with E-state index in [2.05, 4.69) is 10.5 Å². The van der Waals surface area contributed by atoms with Gasteiger partial charge in [-0.2, -0.15) is 0 Å². The molecule has 3 N–H and O–H groups in total. The van der Waals surface area contributed by atoms with Crippen LogP contribution in [0.4, 0.5) is 5.69 Å². The smallest absolute Gasteiger partial charge is 0.303 e. The van der Waals surface area contributed by atoms with Crippen LogP contribution < -0.4 is 5.32 Å². The summed E-state index contributed by atoms with van der Waals surface area (Å²) in [5.41, 5.74) is 2.71. The summed E-state index contributed by atoms with van der Waals surface area (Å²) in [4.78, 5) is 23.1. The van der Waals surface area contributed by atoms with E-state index >= 15 is 0 Å². The summed E-state index contributed by atoms with van der Waals surface area (Å²) in [6.07, 6.45) is -0.108. The second kappa shape index (κ2) is 7.92. The summed E-state index contributed by atoms with van der Waals surface area (Å²) in [5.74, 6) is -1.28. The molecule has 0 unspecified atom stereocenters. The number of rotatable bonds is 6. The Balaban J connectivity index is 2.23. The lowest BCUT2D eigenvalue weighted by atomic mass is 10.0. The van der Waals surface area contributed by atoms with E-state index in [9.17, 15) is 14.8 Å². The molecule has 0 heterocycles. The number of aryl methyl sites for hydroxylation is 1.